The minimum absolute atomic E-state index is 0.0401. The molecule has 1 aliphatic rings. The van der Waals surface area contributed by atoms with Gasteiger partial charge in [0, 0.05) is 13.1 Å². The Morgan fingerprint density at radius 1 is 1.04 bits per heavy atom. The van der Waals surface area contributed by atoms with Gasteiger partial charge in [-0.2, -0.15) is 4.31 Å². The molecule has 0 unspecified atom stereocenters. The molecule has 3 rings (SSSR count). The first-order valence-corrected chi connectivity index (χ1v) is 10.6. The highest BCUT2D eigenvalue weighted by atomic mass is 32.2. The van der Waals surface area contributed by atoms with Crippen molar-refractivity contribution in [1.29, 1.82) is 0 Å². The van der Waals surface area contributed by atoms with Gasteiger partial charge >= 0.3 is 0 Å². The number of anilines is 1. The van der Waals surface area contributed by atoms with Crippen molar-refractivity contribution in [2.45, 2.75) is 31.1 Å². The molecule has 6 nitrogen and oxygen atoms in total. The summed E-state index contributed by atoms with van der Waals surface area (Å²) >= 11 is 0. The number of hydrogen-bond acceptors (Lipinski definition) is 4. The fraction of sp³-hybridized carbons (Fsp3) is 0.350. The number of rotatable bonds is 6. The van der Waals surface area contributed by atoms with Crippen LogP contribution in [0.3, 0.4) is 0 Å². The number of ether oxygens (including phenoxy) is 1. The van der Waals surface area contributed by atoms with E-state index < -0.39 is 15.9 Å². The van der Waals surface area contributed by atoms with Gasteiger partial charge < -0.3 is 10.1 Å². The number of benzene rings is 2. The molecule has 1 N–H and O–H groups in total. The number of nitrogens with one attached hydrogen (secondary N) is 1. The fourth-order valence-corrected chi connectivity index (χ4v) is 4.87. The number of hydrogen-bond donors (Lipinski definition) is 1. The Bertz CT molecular complexity index is 906. The summed E-state index contributed by atoms with van der Waals surface area (Å²) in [5.41, 5.74) is 0.642. The van der Waals surface area contributed by atoms with E-state index in [1.807, 2.05) is 13.0 Å². The van der Waals surface area contributed by atoms with Crippen molar-refractivity contribution < 1.29 is 17.9 Å². The molecular formula is C20H24N2O4S. The molecule has 0 radical (unpaired) electrons. The summed E-state index contributed by atoms with van der Waals surface area (Å²) < 4.78 is 33.1. The molecular weight excluding hydrogens is 364 g/mol. The van der Waals surface area contributed by atoms with Crippen molar-refractivity contribution in [3.8, 4) is 5.75 Å². The molecule has 2 aromatic rings. The van der Waals surface area contributed by atoms with Gasteiger partial charge in [0.05, 0.1) is 22.8 Å². The van der Waals surface area contributed by atoms with E-state index in [1.54, 1.807) is 30.3 Å². The van der Waals surface area contributed by atoms with Gasteiger partial charge in [0.1, 0.15) is 5.75 Å². The van der Waals surface area contributed by atoms with Crippen LogP contribution in [0.5, 0.6) is 5.75 Å². The first-order valence-electron chi connectivity index (χ1n) is 9.16. The number of amides is 1. The number of sulfonamides is 1. The molecule has 7 heteroatoms. The van der Waals surface area contributed by atoms with Crippen molar-refractivity contribution in [2.75, 3.05) is 25.0 Å². The highest BCUT2D eigenvalue weighted by molar-refractivity contribution is 7.89. The molecule has 0 aromatic heterocycles. The van der Waals surface area contributed by atoms with Gasteiger partial charge in [-0.1, -0.05) is 30.7 Å². The predicted molar refractivity (Wildman–Crippen MR) is 105 cm³/mol. The molecule has 1 saturated heterocycles. The van der Waals surface area contributed by atoms with Crippen LogP contribution in [0.4, 0.5) is 5.69 Å². The van der Waals surface area contributed by atoms with Gasteiger partial charge in [0.2, 0.25) is 10.0 Å². The van der Waals surface area contributed by atoms with Gasteiger partial charge in [0.25, 0.3) is 5.91 Å². The number of carbonyl (C=O) groups is 1. The molecule has 2 aromatic carbocycles. The van der Waals surface area contributed by atoms with Crippen LogP contribution in [-0.4, -0.2) is 38.3 Å². The quantitative estimate of drug-likeness (QED) is 0.822. The Morgan fingerprint density at radius 2 is 1.70 bits per heavy atom. The zero-order chi connectivity index (χ0) is 19.3. The van der Waals surface area contributed by atoms with Crippen LogP contribution in [0.2, 0.25) is 0 Å². The van der Waals surface area contributed by atoms with Crippen molar-refractivity contribution >= 4 is 21.6 Å². The van der Waals surface area contributed by atoms with Crippen molar-refractivity contribution in [3.63, 3.8) is 0 Å². The van der Waals surface area contributed by atoms with E-state index in [0.717, 1.165) is 19.3 Å². The van der Waals surface area contributed by atoms with Crippen LogP contribution in [0.25, 0.3) is 0 Å². The summed E-state index contributed by atoms with van der Waals surface area (Å²) in [4.78, 5) is 12.9. The third kappa shape index (κ3) is 4.31. The topological polar surface area (TPSA) is 75.7 Å². The van der Waals surface area contributed by atoms with E-state index in [4.69, 9.17) is 4.74 Å². The van der Waals surface area contributed by atoms with E-state index in [1.165, 1.54) is 16.4 Å². The highest BCUT2D eigenvalue weighted by Crippen LogP contribution is 2.27. The van der Waals surface area contributed by atoms with Crippen LogP contribution in [0, 0.1) is 0 Å². The lowest BCUT2D eigenvalue weighted by Gasteiger charge is -2.26. The van der Waals surface area contributed by atoms with E-state index in [9.17, 15) is 13.2 Å². The Kier molecular flexibility index (Phi) is 6.13. The SMILES string of the molecule is CCOc1ccccc1NC(=O)c1ccccc1S(=O)(=O)N1CCCCC1. The summed E-state index contributed by atoms with van der Waals surface area (Å²) in [6.07, 6.45) is 2.72. The lowest BCUT2D eigenvalue weighted by Crippen LogP contribution is -2.36. The van der Waals surface area contributed by atoms with Gasteiger partial charge in [-0.3, -0.25) is 4.79 Å². The number of para-hydroxylation sites is 2. The molecule has 1 fully saturated rings. The van der Waals surface area contributed by atoms with Crippen molar-refractivity contribution in [2.24, 2.45) is 0 Å². The predicted octanol–water partition coefficient (Wildman–Crippen LogP) is 3.51. The third-order valence-electron chi connectivity index (χ3n) is 4.50. The smallest absolute Gasteiger partial charge is 0.257 e. The van der Waals surface area contributed by atoms with E-state index in [0.29, 0.717) is 31.1 Å². The molecule has 0 saturated carbocycles. The second-order valence-electron chi connectivity index (χ2n) is 6.34. The molecule has 1 heterocycles. The van der Waals surface area contributed by atoms with Crippen LogP contribution >= 0.6 is 0 Å². The minimum Gasteiger partial charge on any atom is -0.492 e. The van der Waals surface area contributed by atoms with Gasteiger partial charge in [-0.05, 0) is 44.0 Å². The Morgan fingerprint density at radius 3 is 2.44 bits per heavy atom. The zero-order valence-corrected chi connectivity index (χ0v) is 16.2. The van der Waals surface area contributed by atoms with Crippen LogP contribution < -0.4 is 10.1 Å². The van der Waals surface area contributed by atoms with E-state index >= 15 is 0 Å². The number of carbonyl (C=O) groups excluding carboxylic acids is 1. The minimum atomic E-state index is -3.71. The summed E-state index contributed by atoms with van der Waals surface area (Å²) in [7, 11) is -3.71. The molecule has 0 aliphatic carbocycles. The maximum Gasteiger partial charge on any atom is 0.257 e. The van der Waals surface area contributed by atoms with Gasteiger partial charge in [-0.25, -0.2) is 8.42 Å². The van der Waals surface area contributed by atoms with Crippen molar-refractivity contribution in [3.05, 3.63) is 54.1 Å². The highest BCUT2D eigenvalue weighted by Gasteiger charge is 2.29. The average molecular weight is 388 g/mol. The molecule has 144 valence electrons. The lowest BCUT2D eigenvalue weighted by molar-refractivity contribution is 0.102. The molecule has 0 spiro atoms. The summed E-state index contributed by atoms with van der Waals surface area (Å²) in [6, 6.07) is 13.4. The molecule has 27 heavy (non-hydrogen) atoms. The van der Waals surface area contributed by atoms with Crippen LogP contribution in [0.1, 0.15) is 36.5 Å². The number of nitrogens with zero attached hydrogens (tertiary/aromatic N) is 1. The van der Waals surface area contributed by atoms with Crippen LogP contribution in [0.15, 0.2) is 53.4 Å². The first kappa shape index (κ1) is 19.4. The fourth-order valence-electron chi connectivity index (χ4n) is 3.16. The van der Waals surface area contributed by atoms with Crippen LogP contribution in [-0.2, 0) is 10.0 Å². The summed E-state index contributed by atoms with van der Waals surface area (Å²) in [5, 5.41) is 2.78. The lowest BCUT2D eigenvalue weighted by atomic mass is 10.2. The van der Waals surface area contributed by atoms with Crippen molar-refractivity contribution in [1.82, 2.24) is 4.31 Å². The Labute approximate surface area is 160 Å². The summed E-state index contributed by atoms with van der Waals surface area (Å²) in [6.45, 7) is 3.31. The second kappa shape index (κ2) is 8.54. The standard InChI is InChI=1S/C20H24N2O4S/c1-2-26-18-12-6-5-11-17(18)21-20(23)16-10-4-7-13-19(16)27(24,25)22-14-8-3-9-15-22/h4-7,10-13H,2-3,8-9,14-15H2,1H3,(H,21,23). The average Bonchev–Trinajstić information content (AvgIpc) is 2.70. The monoisotopic (exact) mass is 388 g/mol. The number of piperidine rings is 1. The second-order valence-corrected chi connectivity index (χ2v) is 8.25. The van der Waals surface area contributed by atoms with E-state index in [2.05, 4.69) is 5.32 Å². The molecule has 1 amide bonds. The molecule has 0 atom stereocenters. The zero-order valence-electron chi connectivity index (χ0n) is 15.3. The maximum atomic E-state index is 13.1. The summed E-state index contributed by atoms with van der Waals surface area (Å²) in [5.74, 6) is 0.0723. The Balaban J connectivity index is 1.91. The van der Waals surface area contributed by atoms with Gasteiger partial charge in [-0.15, -0.1) is 0 Å². The third-order valence-corrected chi connectivity index (χ3v) is 6.46. The molecule has 1 aliphatic heterocycles. The molecule has 0 bridgehead atoms. The maximum absolute atomic E-state index is 13.1. The normalized spacial score (nSPS) is 15.3. The Hall–Kier alpha value is -2.38. The van der Waals surface area contributed by atoms with E-state index in [-0.39, 0.29) is 10.5 Å². The largest absolute Gasteiger partial charge is 0.492 e. The first-order chi connectivity index (χ1) is 13.0. The van der Waals surface area contributed by atoms with Gasteiger partial charge in [0.15, 0.2) is 0 Å².